The molecule has 0 atom stereocenters. The number of amides is 2. The highest BCUT2D eigenvalue weighted by Crippen LogP contribution is 2.24. The van der Waals surface area contributed by atoms with Crippen LogP contribution in [0.25, 0.3) is 0 Å². The highest BCUT2D eigenvalue weighted by molar-refractivity contribution is 6.34. The van der Waals surface area contributed by atoms with Crippen molar-refractivity contribution in [3.8, 4) is 0 Å². The number of nitrogens with one attached hydrogen (secondary N) is 2. The second-order valence-corrected chi connectivity index (χ2v) is 7.62. The SMILES string of the molecule is Cc1cc(C(=O)Nc2ccc(Cl)c(C(=O)NC3CCCCC3)c2)ccc1[N+](=O)[O-]. The molecule has 0 saturated heterocycles. The fourth-order valence-electron chi connectivity index (χ4n) is 3.49. The van der Waals surface area contributed by atoms with Gasteiger partial charge in [0.15, 0.2) is 0 Å². The Morgan fingerprint density at radius 1 is 1.07 bits per heavy atom. The van der Waals surface area contributed by atoms with E-state index in [2.05, 4.69) is 10.6 Å². The Labute approximate surface area is 173 Å². The highest BCUT2D eigenvalue weighted by atomic mass is 35.5. The van der Waals surface area contributed by atoms with Crippen LogP contribution < -0.4 is 10.6 Å². The molecule has 0 radical (unpaired) electrons. The number of benzene rings is 2. The Hall–Kier alpha value is -2.93. The van der Waals surface area contributed by atoms with Gasteiger partial charge in [0, 0.05) is 28.9 Å². The molecule has 2 N–H and O–H groups in total. The quantitative estimate of drug-likeness (QED) is 0.537. The fraction of sp³-hybridized carbons (Fsp3) is 0.333. The third-order valence-electron chi connectivity index (χ3n) is 5.06. The minimum absolute atomic E-state index is 0.0466. The molecule has 0 heterocycles. The second kappa shape index (κ2) is 9.05. The van der Waals surface area contributed by atoms with Crippen LogP contribution in [0.2, 0.25) is 5.02 Å². The van der Waals surface area contributed by atoms with Crippen LogP contribution >= 0.6 is 11.6 Å². The molecule has 2 amide bonds. The molecular formula is C21H22ClN3O4. The van der Waals surface area contributed by atoms with Gasteiger partial charge in [-0.2, -0.15) is 0 Å². The summed E-state index contributed by atoms with van der Waals surface area (Å²) in [5.74, 6) is -0.687. The van der Waals surface area contributed by atoms with Crippen LogP contribution in [-0.4, -0.2) is 22.8 Å². The molecule has 0 unspecified atom stereocenters. The predicted molar refractivity (Wildman–Crippen MR) is 112 cm³/mol. The maximum absolute atomic E-state index is 12.6. The summed E-state index contributed by atoms with van der Waals surface area (Å²) in [6.45, 7) is 1.57. The maximum Gasteiger partial charge on any atom is 0.272 e. The zero-order valence-electron chi connectivity index (χ0n) is 16.0. The van der Waals surface area contributed by atoms with Crippen LogP contribution in [-0.2, 0) is 0 Å². The number of halogens is 1. The molecule has 0 bridgehead atoms. The third-order valence-corrected chi connectivity index (χ3v) is 5.39. The summed E-state index contributed by atoms with van der Waals surface area (Å²) in [6, 6.07) is 9.01. The van der Waals surface area contributed by atoms with Crippen LogP contribution in [0.3, 0.4) is 0 Å². The largest absolute Gasteiger partial charge is 0.349 e. The molecule has 2 aromatic rings. The van der Waals surface area contributed by atoms with Crippen LogP contribution in [0.1, 0.15) is 58.4 Å². The summed E-state index contributed by atoms with van der Waals surface area (Å²) in [5.41, 5.74) is 1.36. The van der Waals surface area contributed by atoms with Crippen LogP contribution in [0, 0.1) is 17.0 Å². The number of hydrogen-bond acceptors (Lipinski definition) is 4. The number of anilines is 1. The Morgan fingerprint density at radius 2 is 1.79 bits per heavy atom. The molecule has 0 aromatic heterocycles. The van der Waals surface area contributed by atoms with E-state index in [0.717, 1.165) is 25.7 Å². The number of carbonyl (C=O) groups excluding carboxylic acids is 2. The summed E-state index contributed by atoms with van der Waals surface area (Å²) in [5, 5.41) is 17.0. The topological polar surface area (TPSA) is 101 Å². The van der Waals surface area contributed by atoms with E-state index < -0.39 is 10.8 Å². The number of aryl methyl sites for hydroxylation is 1. The van der Waals surface area contributed by atoms with Crippen LogP contribution in [0.5, 0.6) is 0 Å². The minimum Gasteiger partial charge on any atom is -0.349 e. The van der Waals surface area contributed by atoms with Gasteiger partial charge in [-0.25, -0.2) is 0 Å². The lowest BCUT2D eigenvalue weighted by atomic mass is 9.95. The van der Waals surface area contributed by atoms with E-state index in [1.165, 1.54) is 30.7 Å². The van der Waals surface area contributed by atoms with Gasteiger partial charge in [0.25, 0.3) is 17.5 Å². The van der Waals surface area contributed by atoms with E-state index in [9.17, 15) is 19.7 Å². The lowest BCUT2D eigenvalue weighted by Gasteiger charge is -2.23. The number of carbonyl (C=O) groups is 2. The Morgan fingerprint density at radius 3 is 2.45 bits per heavy atom. The Bertz CT molecular complexity index is 955. The average Bonchev–Trinajstić information content (AvgIpc) is 2.69. The van der Waals surface area contributed by atoms with Crippen molar-refractivity contribution in [2.45, 2.75) is 45.1 Å². The first kappa shape index (κ1) is 20.8. The normalized spacial score (nSPS) is 14.3. The molecule has 1 aliphatic carbocycles. The standard InChI is InChI=1S/C21H22ClN3O4/c1-13-11-14(7-10-19(13)25(28)29)20(26)24-16-8-9-18(22)17(12-16)21(27)23-15-5-3-2-4-6-15/h7-12,15H,2-6H2,1H3,(H,23,27)(H,24,26). The van der Waals surface area contributed by atoms with Crippen molar-refractivity contribution in [3.05, 3.63) is 68.2 Å². The van der Waals surface area contributed by atoms with Crippen molar-refractivity contribution < 1.29 is 14.5 Å². The molecule has 0 spiro atoms. The Kier molecular flexibility index (Phi) is 6.49. The van der Waals surface area contributed by atoms with E-state index in [1.807, 2.05) is 0 Å². The van der Waals surface area contributed by atoms with Gasteiger partial charge < -0.3 is 10.6 Å². The molecule has 1 aliphatic rings. The smallest absolute Gasteiger partial charge is 0.272 e. The van der Waals surface area contributed by atoms with Gasteiger partial charge in [-0.3, -0.25) is 19.7 Å². The number of nitro benzene ring substituents is 1. The molecule has 1 fully saturated rings. The summed E-state index contributed by atoms with van der Waals surface area (Å²) in [4.78, 5) is 35.6. The van der Waals surface area contributed by atoms with E-state index >= 15 is 0 Å². The van der Waals surface area contributed by atoms with Gasteiger partial charge >= 0.3 is 0 Å². The van der Waals surface area contributed by atoms with Crippen molar-refractivity contribution in [2.75, 3.05) is 5.32 Å². The molecule has 0 aliphatic heterocycles. The molecule has 3 rings (SSSR count). The van der Waals surface area contributed by atoms with E-state index in [0.29, 0.717) is 21.8 Å². The first-order valence-electron chi connectivity index (χ1n) is 9.52. The van der Waals surface area contributed by atoms with Crippen molar-refractivity contribution in [2.24, 2.45) is 0 Å². The Balaban J connectivity index is 1.73. The van der Waals surface area contributed by atoms with E-state index in [1.54, 1.807) is 19.1 Å². The van der Waals surface area contributed by atoms with E-state index in [-0.39, 0.29) is 23.2 Å². The van der Waals surface area contributed by atoms with Crippen molar-refractivity contribution >= 4 is 34.8 Å². The number of hydrogen-bond donors (Lipinski definition) is 2. The first-order chi connectivity index (χ1) is 13.8. The molecule has 2 aromatic carbocycles. The predicted octanol–water partition coefficient (Wildman–Crippen LogP) is 4.87. The third kappa shape index (κ3) is 5.12. The van der Waals surface area contributed by atoms with Gasteiger partial charge in [-0.05, 0) is 50.1 Å². The molecule has 7 nitrogen and oxygen atoms in total. The summed E-state index contributed by atoms with van der Waals surface area (Å²) in [7, 11) is 0. The number of nitrogens with zero attached hydrogens (tertiary/aromatic N) is 1. The molecule has 1 saturated carbocycles. The number of nitro groups is 1. The van der Waals surface area contributed by atoms with Gasteiger partial charge in [0.2, 0.25) is 0 Å². The second-order valence-electron chi connectivity index (χ2n) is 7.22. The van der Waals surface area contributed by atoms with Crippen molar-refractivity contribution in [3.63, 3.8) is 0 Å². The highest BCUT2D eigenvalue weighted by Gasteiger charge is 2.19. The zero-order valence-corrected chi connectivity index (χ0v) is 16.8. The van der Waals surface area contributed by atoms with Gasteiger partial charge in [0.1, 0.15) is 0 Å². The lowest BCUT2D eigenvalue weighted by Crippen LogP contribution is -2.36. The van der Waals surface area contributed by atoms with Gasteiger partial charge in [-0.1, -0.05) is 30.9 Å². The van der Waals surface area contributed by atoms with Crippen LogP contribution in [0.4, 0.5) is 11.4 Å². The van der Waals surface area contributed by atoms with Crippen molar-refractivity contribution in [1.82, 2.24) is 5.32 Å². The molecule has 152 valence electrons. The monoisotopic (exact) mass is 415 g/mol. The summed E-state index contributed by atoms with van der Waals surface area (Å²) < 4.78 is 0. The molecule has 8 heteroatoms. The maximum atomic E-state index is 12.6. The zero-order chi connectivity index (χ0) is 21.0. The minimum atomic E-state index is -0.493. The fourth-order valence-corrected chi connectivity index (χ4v) is 3.70. The first-order valence-corrected chi connectivity index (χ1v) is 9.90. The lowest BCUT2D eigenvalue weighted by molar-refractivity contribution is -0.385. The molecule has 29 heavy (non-hydrogen) atoms. The van der Waals surface area contributed by atoms with Crippen LogP contribution in [0.15, 0.2) is 36.4 Å². The summed E-state index contributed by atoms with van der Waals surface area (Å²) in [6.07, 6.45) is 5.31. The van der Waals surface area contributed by atoms with E-state index in [4.69, 9.17) is 11.6 Å². The van der Waals surface area contributed by atoms with Gasteiger partial charge in [0.05, 0.1) is 15.5 Å². The summed E-state index contributed by atoms with van der Waals surface area (Å²) >= 11 is 6.19. The number of rotatable bonds is 5. The molecular weight excluding hydrogens is 394 g/mol. The van der Waals surface area contributed by atoms with Crippen molar-refractivity contribution in [1.29, 1.82) is 0 Å². The average molecular weight is 416 g/mol. The van der Waals surface area contributed by atoms with Gasteiger partial charge in [-0.15, -0.1) is 0 Å².